The zero-order valence-corrected chi connectivity index (χ0v) is 11.0. The average molecular weight is 248 g/mol. The lowest BCUT2D eigenvalue weighted by atomic mass is 10.2. The van der Waals surface area contributed by atoms with Gasteiger partial charge in [0, 0.05) is 13.2 Å². The maximum atomic E-state index is 5.47. The van der Waals surface area contributed by atoms with E-state index in [2.05, 4.69) is 21.5 Å². The summed E-state index contributed by atoms with van der Waals surface area (Å²) in [6.45, 7) is 3.44. The number of aryl methyl sites for hydroxylation is 3. The third kappa shape index (κ3) is 3.16. The lowest BCUT2D eigenvalue weighted by molar-refractivity contribution is 0.599. The molecular weight excluding hydrogens is 228 g/mol. The largest absolute Gasteiger partial charge is 0.330 e. The van der Waals surface area contributed by atoms with Gasteiger partial charge in [0.1, 0.15) is 0 Å². The molecule has 0 fully saturated rings. The third-order valence-electron chi connectivity index (χ3n) is 2.90. The molecule has 98 valence electrons. The van der Waals surface area contributed by atoms with E-state index in [9.17, 15) is 0 Å². The van der Waals surface area contributed by atoms with Gasteiger partial charge in [0.05, 0.1) is 23.6 Å². The summed E-state index contributed by atoms with van der Waals surface area (Å²) in [4.78, 5) is 0. The Labute approximate surface area is 107 Å². The molecule has 0 aliphatic rings. The van der Waals surface area contributed by atoms with Crippen LogP contribution in [0.1, 0.15) is 29.9 Å². The first-order valence-electron chi connectivity index (χ1n) is 6.27. The molecule has 0 aliphatic carbocycles. The van der Waals surface area contributed by atoms with E-state index in [0.29, 0.717) is 6.54 Å². The number of hydrogen-bond donors (Lipinski definition) is 1. The smallest absolute Gasteiger partial charge is 0.0846 e. The van der Waals surface area contributed by atoms with E-state index in [4.69, 9.17) is 5.73 Å². The third-order valence-corrected chi connectivity index (χ3v) is 2.90. The van der Waals surface area contributed by atoms with Crippen molar-refractivity contribution < 1.29 is 0 Å². The van der Waals surface area contributed by atoms with Gasteiger partial charge < -0.3 is 5.73 Å². The first kappa shape index (κ1) is 12.8. The molecule has 0 aromatic carbocycles. The van der Waals surface area contributed by atoms with Crippen LogP contribution in [0.2, 0.25) is 0 Å². The summed E-state index contributed by atoms with van der Waals surface area (Å²) >= 11 is 0. The molecule has 6 heteroatoms. The van der Waals surface area contributed by atoms with E-state index in [1.807, 2.05) is 29.5 Å². The number of nitrogens with two attached hydrogens (primary N) is 1. The first-order valence-corrected chi connectivity index (χ1v) is 6.27. The molecule has 0 saturated heterocycles. The van der Waals surface area contributed by atoms with Crippen LogP contribution >= 0.6 is 0 Å². The van der Waals surface area contributed by atoms with Crippen molar-refractivity contribution in [3.63, 3.8) is 0 Å². The Balaban J connectivity index is 1.96. The predicted octanol–water partition coefficient (Wildman–Crippen LogP) is 0.650. The summed E-state index contributed by atoms with van der Waals surface area (Å²) in [5, 5.41) is 12.6. The monoisotopic (exact) mass is 248 g/mol. The molecule has 18 heavy (non-hydrogen) atoms. The van der Waals surface area contributed by atoms with Gasteiger partial charge in [-0.25, -0.2) is 4.68 Å². The molecule has 0 amide bonds. The topological polar surface area (TPSA) is 74.6 Å². The number of unbranched alkanes of at least 4 members (excludes halogenated alkanes) is 1. The second-order valence-corrected chi connectivity index (χ2v) is 4.55. The Kier molecular flexibility index (Phi) is 4.09. The van der Waals surface area contributed by atoms with Gasteiger partial charge in [0.2, 0.25) is 0 Å². The van der Waals surface area contributed by atoms with E-state index in [-0.39, 0.29) is 0 Å². The fourth-order valence-electron chi connectivity index (χ4n) is 1.96. The zero-order chi connectivity index (χ0) is 13.0. The fraction of sp³-hybridized carbons (Fsp3) is 0.583. The van der Waals surface area contributed by atoms with Gasteiger partial charge >= 0.3 is 0 Å². The SMILES string of the molecule is Cc1cc(Cn2cc(CCCCN)nn2)n(C)n1. The van der Waals surface area contributed by atoms with Crippen LogP contribution in [0.5, 0.6) is 0 Å². The van der Waals surface area contributed by atoms with Crippen LogP contribution in [0.15, 0.2) is 12.3 Å². The Bertz CT molecular complexity index is 498. The van der Waals surface area contributed by atoms with E-state index >= 15 is 0 Å². The highest BCUT2D eigenvalue weighted by molar-refractivity contribution is 5.09. The van der Waals surface area contributed by atoms with E-state index < -0.39 is 0 Å². The summed E-state index contributed by atoms with van der Waals surface area (Å²) in [7, 11) is 1.95. The molecular formula is C12H20N6. The summed E-state index contributed by atoms with van der Waals surface area (Å²) in [6, 6.07) is 2.07. The van der Waals surface area contributed by atoms with Crippen molar-refractivity contribution in [3.05, 3.63) is 29.3 Å². The van der Waals surface area contributed by atoms with Crippen molar-refractivity contribution in [2.75, 3.05) is 6.54 Å². The highest BCUT2D eigenvalue weighted by Crippen LogP contribution is 2.05. The fourth-order valence-corrected chi connectivity index (χ4v) is 1.96. The maximum Gasteiger partial charge on any atom is 0.0846 e. The summed E-state index contributed by atoms with van der Waals surface area (Å²) in [6.07, 6.45) is 5.05. The molecule has 2 N–H and O–H groups in total. The molecule has 0 saturated carbocycles. The van der Waals surface area contributed by atoms with Gasteiger partial charge in [0.25, 0.3) is 0 Å². The second-order valence-electron chi connectivity index (χ2n) is 4.55. The standard InChI is InChI=1S/C12H20N6/c1-10-7-12(17(2)15-10)9-18-8-11(14-16-18)5-3-4-6-13/h7-8H,3-6,9,13H2,1-2H3. The Morgan fingerprint density at radius 1 is 1.33 bits per heavy atom. The van der Waals surface area contributed by atoms with Crippen molar-refractivity contribution >= 4 is 0 Å². The van der Waals surface area contributed by atoms with Gasteiger partial charge in [-0.2, -0.15) is 5.10 Å². The van der Waals surface area contributed by atoms with Crippen molar-refractivity contribution in [1.29, 1.82) is 0 Å². The van der Waals surface area contributed by atoms with Crippen molar-refractivity contribution in [2.45, 2.75) is 32.7 Å². The molecule has 0 aliphatic heterocycles. The molecule has 0 bridgehead atoms. The lowest BCUT2D eigenvalue weighted by Gasteiger charge is -2.00. The quantitative estimate of drug-likeness (QED) is 0.762. The van der Waals surface area contributed by atoms with Gasteiger partial charge in [-0.15, -0.1) is 5.10 Å². The molecule has 2 aromatic heterocycles. The van der Waals surface area contributed by atoms with Gasteiger partial charge in [-0.05, 0) is 38.8 Å². The van der Waals surface area contributed by atoms with Crippen molar-refractivity contribution in [1.82, 2.24) is 24.8 Å². The normalized spacial score (nSPS) is 11.1. The highest BCUT2D eigenvalue weighted by atomic mass is 15.4. The molecule has 0 radical (unpaired) electrons. The van der Waals surface area contributed by atoms with Crippen LogP contribution in [-0.2, 0) is 20.0 Å². The molecule has 6 nitrogen and oxygen atoms in total. The van der Waals surface area contributed by atoms with Gasteiger partial charge in [0.15, 0.2) is 0 Å². The minimum Gasteiger partial charge on any atom is -0.330 e. The minimum absolute atomic E-state index is 0.710. The van der Waals surface area contributed by atoms with Crippen molar-refractivity contribution in [2.24, 2.45) is 12.8 Å². The Morgan fingerprint density at radius 2 is 2.17 bits per heavy atom. The second kappa shape index (κ2) is 5.77. The maximum absolute atomic E-state index is 5.47. The molecule has 2 heterocycles. The van der Waals surface area contributed by atoms with Crippen LogP contribution in [0, 0.1) is 6.92 Å². The molecule has 0 atom stereocenters. The molecule has 0 unspecified atom stereocenters. The van der Waals surface area contributed by atoms with E-state index in [0.717, 1.165) is 42.9 Å². The van der Waals surface area contributed by atoms with Crippen LogP contribution in [-0.4, -0.2) is 31.3 Å². The predicted molar refractivity (Wildman–Crippen MR) is 69.1 cm³/mol. The van der Waals surface area contributed by atoms with E-state index in [1.54, 1.807) is 0 Å². The Morgan fingerprint density at radius 3 is 2.83 bits per heavy atom. The van der Waals surface area contributed by atoms with Gasteiger partial charge in [-0.1, -0.05) is 5.21 Å². The number of aromatic nitrogens is 5. The summed E-state index contributed by atoms with van der Waals surface area (Å²) in [5.41, 5.74) is 8.65. The minimum atomic E-state index is 0.710. The lowest BCUT2D eigenvalue weighted by Crippen LogP contribution is -2.06. The van der Waals surface area contributed by atoms with Crippen molar-refractivity contribution in [3.8, 4) is 0 Å². The average Bonchev–Trinajstić information content (AvgIpc) is 2.88. The highest BCUT2D eigenvalue weighted by Gasteiger charge is 2.05. The number of rotatable bonds is 6. The van der Waals surface area contributed by atoms with Crippen LogP contribution in [0.25, 0.3) is 0 Å². The molecule has 2 aromatic rings. The summed E-state index contributed by atoms with van der Waals surface area (Å²) < 4.78 is 3.74. The summed E-state index contributed by atoms with van der Waals surface area (Å²) in [5.74, 6) is 0. The van der Waals surface area contributed by atoms with Crippen LogP contribution < -0.4 is 5.73 Å². The molecule has 2 rings (SSSR count). The van der Waals surface area contributed by atoms with Crippen LogP contribution in [0.4, 0.5) is 0 Å². The Hall–Kier alpha value is -1.69. The zero-order valence-electron chi connectivity index (χ0n) is 11.0. The number of hydrogen-bond acceptors (Lipinski definition) is 4. The van der Waals surface area contributed by atoms with Crippen LogP contribution in [0.3, 0.4) is 0 Å². The first-order chi connectivity index (χ1) is 8.69. The van der Waals surface area contributed by atoms with Gasteiger partial charge in [-0.3, -0.25) is 4.68 Å². The van der Waals surface area contributed by atoms with E-state index in [1.165, 1.54) is 0 Å². The number of nitrogens with zero attached hydrogens (tertiary/aromatic N) is 5. The molecule has 0 spiro atoms.